The maximum absolute atomic E-state index is 12.6. The van der Waals surface area contributed by atoms with Crippen LogP contribution in [0.25, 0.3) is 0 Å². The summed E-state index contributed by atoms with van der Waals surface area (Å²) >= 11 is 1.55. The summed E-state index contributed by atoms with van der Waals surface area (Å²) in [6, 6.07) is 9.53. The number of nitrogens with zero attached hydrogens (tertiary/aromatic N) is 2. The second-order valence-corrected chi connectivity index (χ2v) is 6.96. The molecule has 1 aromatic heterocycles. The molecule has 1 heterocycles. The standard InChI is InChI=1S/C18H24N4O2S/c1-13(16-12-25-14(2)21-16)20-18(24)22(11-9-17(19)23)10-8-15-6-4-3-5-7-15/h3-7,12-13H,8-11H2,1-2H3,(H2,19,23)(H,20,24). The molecule has 0 saturated carbocycles. The highest BCUT2D eigenvalue weighted by Gasteiger charge is 2.18. The van der Waals surface area contributed by atoms with E-state index >= 15 is 0 Å². The lowest BCUT2D eigenvalue weighted by atomic mass is 10.1. The van der Waals surface area contributed by atoms with Crippen molar-refractivity contribution in [2.45, 2.75) is 32.7 Å². The van der Waals surface area contributed by atoms with Crippen LogP contribution in [0.2, 0.25) is 0 Å². The number of rotatable bonds is 8. The highest BCUT2D eigenvalue weighted by Crippen LogP contribution is 2.16. The van der Waals surface area contributed by atoms with Crippen molar-refractivity contribution in [1.82, 2.24) is 15.2 Å². The molecule has 3 amide bonds. The Hall–Kier alpha value is -2.41. The maximum atomic E-state index is 12.6. The van der Waals surface area contributed by atoms with Gasteiger partial charge in [-0.15, -0.1) is 11.3 Å². The second-order valence-electron chi connectivity index (χ2n) is 5.90. The summed E-state index contributed by atoms with van der Waals surface area (Å²) in [6.45, 7) is 4.65. The maximum Gasteiger partial charge on any atom is 0.317 e. The molecule has 1 unspecified atom stereocenters. The first-order valence-electron chi connectivity index (χ1n) is 8.25. The minimum atomic E-state index is -0.416. The fraction of sp³-hybridized carbons (Fsp3) is 0.389. The molecule has 2 rings (SSSR count). The van der Waals surface area contributed by atoms with E-state index in [-0.39, 0.29) is 18.5 Å². The largest absolute Gasteiger partial charge is 0.370 e. The van der Waals surface area contributed by atoms with E-state index in [4.69, 9.17) is 5.73 Å². The quantitative estimate of drug-likeness (QED) is 0.758. The van der Waals surface area contributed by atoms with E-state index in [1.165, 1.54) is 0 Å². The lowest BCUT2D eigenvalue weighted by Gasteiger charge is -2.24. The summed E-state index contributed by atoms with van der Waals surface area (Å²) in [5.41, 5.74) is 7.22. The highest BCUT2D eigenvalue weighted by molar-refractivity contribution is 7.09. The van der Waals surface area contributed by atoms with Crippen molar-refractivity contribution >= 4 is 23.3 Å². The van der Waals surface area contributed by atoms with Gasteiger partial charge in [-0.1, -0.05) is 30.3 Å². The van der Waals surface area contributed by atoms with Crippen molar-refractivity contribution in [3.05, 3.63) is 52.0 Å². The molecule has 0 aliphatic carbocycles. The first-order valence-corrected chi connectivity index (χ1v) is 9.13. The Morgan fingerprint density at radius 3 is 2.60 bits per heavy atom. The van der Waals surface area contributed by atoms with Crippen molar-refractivity contribution in [2.24, 2.45) is 5.73 Å². The zero-order valence-electron chi connectivity index (χ0n) is 14.6. The molecule has 0 saturated heterocycles. The number of aryl methyl sites for hydroxylation is 1. The van der Waals surface area contributed by atoms with Gasteiger partial charge >= 0.3 is 6.03 Å². The van der Waals surface area contributed by atoms with Crippen LogP contribution in [0.5, 0.6) is 0 Å². The van der Waals surface area contributed by atoms with Crippen LogP contribution in [-0.4, -0.2) is 34.9 Å². The third-order valence-electron chi connectivity index (χ3n) is 3.85. The van der Waals surface area contributed by atoms with E-state index < -0.39 is 5.91 Å². The fourth-order valence-electron chi connectivity index (χ4n) is 2.40. The van der Waals surface area contributed by atoms with Gasteiger partial charge in [0, 0.05) is 24.9 Å². The first kappa shape index (κ1) is 18.9. The van der Waals surface area contributed by atoms with E-state index in [2.05, 4.69) is 10.3 Å². The van der Waals surface area contributed by atoms with Gasteiger partial charge in [-0.25, -0.2) is 9.78 Å². The summed E-state index contributed by atoms with van der Waals surface area (Å²) in [7, 11) is 0. The predicted octanol–water partition coefficient (Wildman–Crippen LogP) is 2.64. The SMILES string of the molecule is Cc1nc(C(C)NC(=O)N(CCC(N)=O)CCc2ccccc2)cs1. The summed E-state index contributed by atoms with van der Waals surface area (Å²) in [5, 5.41) is 5.85. The van der Waals surface area contributed by atoms with E-state index in [1.54, 1.807) is 16.2 Å². The molecule has 1 atom stereocenters. The van der Waals surface area contributed by atoms with Crippen molar-refractivity contribution in [3.8, 4) is 0 Å². The number of carbonyl (C=O) groups is 2. The Labute approximate surface area is 152 Å². The average molecular weight is 360 g/mol. The van der Waals surface area contributed by atoms with Crippen molar-refractivity contribution in [1.29, 1.82) is 0 Å². The predicted molar refractivity (Wildman–Crippen MR) is 99.3 cm³/mol. The molecule has 0 radical (unpaired) electrons. The molecule has 0 spiro atoms. The molecular formula is C18H24N4O2S. The zero-order chi connectivity index (χ0) is 18.2. The summed E-state index contributed by atoms with van der Waals surface area (Å²) in [6.07, 6.45) is 0.865. The number of carbonyl (C=O) groups excluding carboxylic acids is 2. The molecule has 134 valence electrons. The van der Waals surface area contributed by atoms with Gasteiger partial charge in [0.15, 0.2) is 0 Å². The molecule has 25 heavy (non-hydrogen) atoms. The van der Waals surface area contributed by atoms with Gasteiger partial charge in [0.1, 0.15) is 0 Å². The lowest BCUT2D eigenvalue weighted by Crippen LogP contribution is -2.43. The number of primary amides is 1. The molecule has 0 aliphatic heterocycles. The molecule has 6 nitrogen and oxygen atoms in total. The molecule has 0 aliphatic rings. The van der Waals surface area contributed by atoms with Gasteiger partial charge in [0.2, 0.25) is 5.91 Å². The summed E-state index contributed by atoms with van der Waals surface area (Å²) in [5.74, 6) is -0.416. The minimum absolute atomic E-state index is 0.145. The van der Waals surface area contributed by atoms with Crippen LogP contribution >= 0.6 is 11.3 Å². The topological polar surface area (TPSA) is 88.3 Å². The number of hydrogen-bond donors (Lipinski definition) is 2. The molecule has 2 aromatic rings. The second kappa shape index (κ2) is 9.17. The van der Waals surface area contributed by atoms with Gasteiger partial charge in [-0.3, -0.25) is 4.79 Å². The van der Waals surface area contributed by atoms with E-state index in [0.717, 1.165) is 22.7 Å². The highest BCUT2D eigenvalue weighted by atomic mass is 32.1. The van der Waals surface area contributed by atoms with Gasteiger partial charge in [-0.2, -0.15) is 0 Å². The van der Waals surface area contributed by atoms with Crippen LogP contribution in [0.1, 0.15) is 35.7 Å². The number of amides is 3. The normalized spacial score (nSPS) is 11.8. The van der Waals surface area contributed by atoms with Gasteiger partial charge in [0.05, 0.1) is 16.7 Å². The number of urea groups is 1. The van der Waals surface area contributed by atoms with Crippen LogP contribution in [0.4, 0.5) is 4.79 Å². The van der Waals surface area contributed by atoms with E-state index in [9.17, 15) is 9.59 Å². The summed E-state index contributed by atoms with van der Waals surface area (Å²) in [4.78, 5) is 29.7. The smallest absolute Gasteiger partial charge is 0.317 e. The Morgan fingerprint density at radius 1 is 1.28 bits per heavy atom. The fourth-order valence-corrected chi connectivity index (χ4v) is 3.10. The molecular weight excluding hydrogens is 336 g/mol. The van der Waals surface area contributed by atoms with Crippen LogP contribution in [0, 0.1) is 6.92 Å². The van der Waals surface area contributed by atoms with E-state index in [0.29, 0.717) is 13.1 Å². The zero-order valence-corrected chi connectivity index (χ0v) is 15.4. The third-order valence-corrected chi connectivity index (χ3v) is 4.64. The summed E-state index contributed by atoms with van der Waals surface area (Å²) < 4.78 is 0. The van der Waals surface area contributed by atoms with Crippen molar-refractivity contribution in [2.75, 3.05) is 13.1 Å². The molecule has 3 N–H and O–H groups in total. The Kier molecular flexibility index (Phi) is 6.94. The number of nitrogens with one attached hydrogen (secondary N) is 1. The minimum Gasteiger partial charge on any atom is -0.370 e. The van der Waals surface area contributed by atoms with Crippen molar-refractivity contribution < 1.29 is 9.59 Å². The number of aromatic nitrogens is 1. The molecule has 0 bridgehead atoms. The third kappa shape index (κ3) is 6.19. The van der Waals surface area contributed by atoms with Gasteiger partial charge in [-0.05, 0) is 25.8 Å². The first-order chi connectivity index (χ1) is 12.0. The lowest BCUT2D eigenvalue weighted by molar-refractivity contribution is -0.118. The number of nitrogens with two attached hydrogens (primary N) is 1. The van der Waals surface area contributed by atoms with Crippen LogP contribution in [0.15, 0.2) is 35.7 Å². The Bertz CT molecular complexity index is 702. The molecule has 1 aromatic carbocycles. The van der Waals surface area contributed by atoms with Crippen molar-refractivity contribution in [3.63, 3.8) is 0 Å². The average Bonchev–Trinajstić information content (AvgIpc) is 3.02. The van der Waals surface area contributed by atoms with Gasteiger partial charge < -0.3 is 16.0 Å². The monoisotopic (exact) mass is 360 g/mol. The molecule has 0 fully saturated rings. The Morgan fingerprint density at radius 2 is 2.00 bits per heavy atom. The number of benzene rings is 1. The van der Waals surface area contributed by atoms with E-state index in [1.807, 2.05) is 49.6 Å². The van der Waals surface area contributed by atoms with Crippen LogP contribution in [0.3, 0.4) is 0 Å². The van der Waals surface area contributed by atoms with Gasteiger partial charge in [0.25, 0.3) is 0 Å². The molecule has 7 heteroatoms. The number of thiazole rings is 1. The number of hydrogen-bond acceptors (Lipinski definition) is 4. The van der Waals surface area contributed by atoms with Crippen LogP contribution < -0.4 is 11.1 Å². The van der Waals surface area contributed by atoms with Crippen LogP contribution in [-0.2, 0) is 11.2 Å². The Balaban J connectivity index is 1.97.